The van der Waals surface area contributed by atoms with Crippen LogP contribution in [0, 0.1) is 5.92 Å². The molecule has 0 saturated carbocycles. The summed E-state index contributed by atoms with van der Waals surface area (Å²) in [6.07, 6.45) is -3.06. The molecule has 3 nitrogen and oxygen atoms in total. The lowest BCUT2D eigenvalue weighted by atomic mass is 10.1. The Hall–Kier alpha value is -0.820. The summed E-state index contributed by atoms with van der Waals surface area (Å²) in [4.78, 5) is 3.78. The molecule has 0 aliphatic carbocycles. The van der Waals surface area contributed by atoms with Gasteiger partial charge in [0, 0.05) is 17.2 Å². The van der Waals surface area contributed by atoms with E-state index in [2.05, 4.69) is 31.5 Å². The molecule has 0 amide bonds. The van der Waals surface area contributed by atoms with Gasteiger partial charge >= 0.3 is 6.18 Å². The van der Waals surface area contributed by atoms with Crippen LogP contribution < -0.4 is 10.6 Å². The number of nitrogens with one attached hydrogen (secondary N) is 2. The van der Waals surface area contributed by atoms with Crippen molar-refractivity contribution in [2.75, 3.05) is 25.5 Å². The Morgan fingerprint density at radius 1 is 1.39 bits per heavy atom. The van der Waals surface area contributed by atoms with E-state index in [4.69, 9.17) is 0 Å². The van der Waals surface area contributed by atoms with E-state index >= 15 is 0 Å². The molecule has 0 radical (unpaired) electrons. The van der Waals surface area contributed by atoms with Crippen molar-refractivity contribution >= 4 is 21.7 Å². The third-order valence-corrected chi connectivity index (χ3v) is 2.76. The van der Waals surface area contributed by atoms with E-state index in [-0.39, 0.29) is 11.7 Å². The summed E-state index contributed by atoms with van der Waals surface area (Å²) in [6, 6.07) is 1.03. The van der Waals surface area contributed by atoms with Gasteiger partial charge in [-0.1, -0.05) is 6.92 Å². The second kappa shape index (κ2) is 6.38. The van der Waals surface area contributed by atoms with Crippen molar-refractivity contribution in [3.63, 3.8) is 0 Å². The molecule has 0 fully saturated rings. The SMILES string of the molecule is CNCC(C)CNc1ncc(Br)cc1C(F)(F)F. The molecule has 1 unspecified atom stereocenters. The largest absolute Gasteiger partial charge is 0.419 e. The Balaban J connectivity index is 2.82. The Morgan fingerprint density at radius 3 is 2.61 bits per heavy atom. The summed E-state index contributed by atoms with van der Waals surface area (Å²) in [5, 5.41) is 5.71. The summed E-state index contributed by atoms with van der Waals surface area (Å²) in [5.74, 6) is 0.0789. The maximum atomic E-state index is 12.8. The van der Waals surface area contributed by atoms with Gasteiger partial charge in [-0.2, -0.15) is 13.2 Å². The van der Waals surface area contributed by atoms with Crippen LogP contribution in [0.2, 0.25) is 0 Å². The highest BCUT2D eigenvalue weighted by atomic mass is 79.9. The average molecular weight is 326 g/mol. The Kier molecular flexibility index (Phi) is 5.40. The molecule has 1 aromatic rings. The van der Waals surface area contributed by atoms with Gasteiger partial charge in [0.15, 0.2) is 0 Å². The zero-order valence-electron chi connectivity index (χ0n) is 10.1. The van der Waals surface area contributed by atoms with Crippen molar-refractivity contribution in [1.82, 2.24) is 10.3 Å². The number of alkyl halides is 3. The molecule has 7 heteroatoms. The highest BCUT2D eigenvalue weighted by molar-refractivity contribution is 9.10. The predicted octanol–water partition coefficient (Wildman–Crippen LogP) is 3.13. The zero-order chi connectivity index (χ0) is 13.8. The quantitative estimate of drug-likeness (QED) is 0.873. The topological polar surface area (TPSA) is 37.0 Å². The highest BCUT2D eigenvalue weighted by Crippen LogP contribution is 2.35. The second-order valence-corrected chi connectivity index (χ2v) is 5.01. The Labute approximate surface area is 112 Å². The first kappa shape index (κ1) is 15.2. The van der Waals surface area contributed by atoms with Crippen LogP contribution in [0.4, 0.5) is 19.0 Å². The fourth-order valence-corrected chi connectivity index (χ4v) is 1.82. The van der Waals surface area contributed by atoms with Gasteiger partial charge in [0.05, 0.1) is 5.56 Å². The number of anilines is 1. The highest BCUT2D eigenvalue weighted by Gasteiger charge is 2.34. The number of nitrogens with zero attached hydrogens (tertiary/aromatic N) is 1. The first-order valence-electron chi connectivity index (χ1n) is 5.45. The summed E-state index contributed by atoms with van der Waals surface area (Å²) < 4.78 is 38.7. The van der Waals surface area contributed by atoms with Gasteiger partial charge in [-0.15, -0.1) is 0 Å². The van der Waals surface area contributed by atoms with Crippen LogP contribution in [0.1, 0.15) is 12.5 Å². The molecular formula is C11H15BrF3N3. The Morgan fingerprint density at radius 2 is 2.06 bits per heavy atom. The van der Waals surface area contributed by atoms with Crippen molar-refractivity contribution in [3.8, 4) is 0 Å². The molecule has 1 heterocycles. The van der Waals surface area contributed by atoms with Crippen LogP contribution in [-0.4, -0.2) is 25.1 Å². The van der Waals surface area contributed by atoms with Crippen LogP contribution in [-0.2, 0) is 6.18 Å². The third kappa shape index (κ3) is 4.45. The lowest BCUT2D eigenvalue weighted by molar-refractivity contribution is -0.137. The average Bonchev–Trinajstić information content (AvgIpc) is 2.26. The first-order valence-corrected chi connectivity index (χ1v) is 6.25. The lowest BCUT2D eigenvalue weighted by Gasteiger charge is -2.16. The van der Waals surface area contributed by atoms with Crippen molar-refractivity contribution < 1.29 is 13.2 Å². The van der Waals surface area contributed by atoms with E-state index in [9.17, 15) is 13.2 Å². The fraction of sp³-hybridized carbons (Fsp3) is 0.545. The van der Waals surface area contributed by atoms with Gasteiger partial charge in [0.1, 0.15) is 5.82 Å². The summed E-state index contributed by atoms with van der Waals surface area (Å²) in [7, 11) is 1.80. The van der Waals surface area contributed by atoms with E-state index < -0.39 is 11.7 Å². The third-order valence-electron chi connectivity index (χ3n) is 2.33. The summed E-state index contributed by atoms with van der Waals surface area (Å²) in [6.45, 7) is 3.10. The molecule has 2 N–H and O–H groups in total. The number of aromatic nitrogens is 1. The van der Waals surface area contributed by atoms with E-state index in [1.165, 1.54) is 6.20 Å². The zero-order valence-corrected chi connectivity index (χ0v) is 11.7. The molecule has 0 aromatic carbocycles. The van der Waals surface area contributed by atoms with Crippen LogP contribution >= 0.6 is 15.9 Å². The minimum Gasteiger partial charge on any atom is -0.369 e. The van der Waals surface area contributed by atoms with Gasteiger partial charge in [0.2, 0.25) is 0 Å². The second-order valence-electron chi connectivity index (χ2n) is 4.09. The molecule has 0 aliphatic heterocycles. The molecule has 1 atom stereocenters. The lowest BCUT2D eigenvalue weighted by Crippen LogP contribution is -2.24. The maximum Gasteiger partial charge on any atom is 0.419 e. The van der Waals surface area contributed by atoms with Gasteiger partial charge < -0.3 is 10.6 Å². The minimum atomic E-state index is -4.41. The minimum absolute atomic E-state index is 0.131. The number of hydrogen-bond acceptors (Lipinski definition) is 3. The van der Waals surface area contributed by atoms with Gasteiger partial charge in [-0.25, -0.2) is 4.98 Å². The van der Waals surface area contributed by atoms with Crippen molar-refractivity contribution in [2.45, 2.75) is 13.1 Å². The maximum absolute atomic E-state index is 12.8. The van der Waals surface area contributed by atoms with Crippen LogP contribution in [0.3, 0.4) is 0 Å². The number of pyridine rings is 1. The normalized spacial score (nSPS) is 13.4. The standard InChI is InChI=1S/C11H15BrF3N3/c1-7(4-16-2)5-17-10-9(11(13,14)15)3-8(12)6-18-10/h3,6-7,16H,4-5H2,1-2H3,(H,17,18). The molecule has 0 bridgehead atoms. The van der Waals surface area contributed by atoms with Crippen LogP contribution in [0.25, 0.3) is 0 Å². The molecule has 18 heavy (non-hydrogen) atoms. The number of hydrogen-bond donors (Lipinski definition) is 2. The summed E-state index contributed by atoms with van der Waals surface area (Å²) >= 11 is 2.99. The summed E-state index contributed by atoms with van der Waals surface area (Å²) in [5.41, 5.74) is -0.756. The predicted molar refractivity (Wildman–Crippen MR) is 68.5 cm³/mol. The Bertz CT molecular complexity index is 396. The molecule has 0 aliphatic rings. The van der Waals surface area contributed by atoms with Crippen molar-refractivity contribution in [1.29, 1.82) is 0 Å². The molecule has 1 aromatic heterocycles. The molecular weight excluding hydrogens is 311 g/mol. The molecule has 102 valence electrons. The van der Waals surface area contributed by atoms with Crippen LogP contribution in [0.15, 0.2) is 16.7 Å². The smallest absolute Gasteiger partial charge is 0.369 e. The molecule has 0 spiro atoms. The molecule has 0 saturated heterocycles. The first-order chi connectivity index (χ1) is 8.34. The number of rotatable bonds is 5. The van der Waals surface area contributed by atoms with E-state index in [0.29, 0.717) is 11.0 Å². The van der Waals surface area contributed by atoms with Crippen molar-refractivity contribution in [2.24, 2.45) is 5.92 Å². The van der Waals surface area contributed by atoms with Gasteiger partial charge in [-0.05, 0) is 41.5 Å². The monoisotopic (exact) mass is 325 g/mol. The number of halogens is 4. The van der Waals surface area contributed by atoms with Gasteiger partial charge in [0.25, 0.3) is 0 Å². The fourth-order valence-electron chi connectivity index (χ4n) is 1.49. The van der Waals surface area contributed by atoms with E-state index in [1.807, 2.05) is 6.92 Å². The van der Waals surface area contributed by atoms with Gasteiger partial charge in [-0.3, -0.25) is 0 Å². The van der Waals surface area contributed by atoms with Crippen molar-refractivity contribution in [3.05, 3.63) is 22.3 Å². The molecule has 1 rings (SSSR count). The van der Waals surface area contributed by atoms with Crippen LogP contribution in [0.5, 0.6) is 0 Å². The van der Waals surface area contributed by atoms with E-state index in [0.717, 1.165) is 12.6 Å². The van der Waals surface area contributed by atoms with E-state index in [1.54, 1.807) is 7.05 Å².